The van der Waals surface area contributed by atoms with Crippen LogP contribution >= 0.6 is 11.3 Å². The molecule has 57 heavy (non-hydrogen) atoms. The number of hydrogen-bond donors (Lipinski definition) is 0. The van der Waals surface area contributed by atoms with Gasteiger partial charge in [0, 0.05) is 53.4 Å². The number of nitrogens with zero attached hydrogens (tertiary/aromatic N) is 2. The monoisotopic (exact) mass is 744 g/mol. The summed E-state index contributed by atoms with van der Waals surface area (Å²) in [4.78, 5) is 2.42. The van der Waals surface area contributed by atoms with Crippen LogP contribution in [0.1, 0.15) is 0 Å². The van der Waals surface area contributed by atoms with E-state index in [1.807, 2.05) is 11.3 Å². The Balaban J connectivity index is 1.10. The van der Waals surface area contributed by atoms with Gasteiger partial charge in [-0.3, -0.25) is 0 Å². The van der Waals surface area contributed by atoms with E-state index in [1.54, 1.807) is 0 Å². The van der Waals surface area contributed by atoms with Crippen molar-refractivity contribution in [2.75, 3.05) is 4.90 Å². The van der Waals surface area contributed by atoms with Gasteiger partial charge in [0.15, 0.2) is 0 Å². The second-order valence-electron chi connectivity index (χ2n) is 14.5. The van der Waals surface area contributed by atoms with Gasteiger partial charge < -0.3 is 9.47 Å². The highest BCUT2D eigenvalue weighted by molar-refractivity contribution is 7.25. The van der Waals surface area contributed by atoms with Crippen LogP contribution < -0.4 is 4.90 Å². The summed E-state index contributed by atoms with van der Waals surface area (Å²) in [6.45, 7) is 0. The minimum atomic E-state index is 1.09. The topological polar surface area (TPSA) is 8.17 Å². The Kier molecular flexibility index (Phi) is 8.04. The van der Waals surface area contributed by atoms with E-state index in [0.29, 0.717) is 0 Å². The van der Waals surface area contributed by atoms with Crippen LogP contribution in [0.3, 0.4) is 0 Å². The molecule has 0 aliphatic heterocycles. The third-order valence-electron chi connectivity index (χ3n) is 11.2. The Bertz CT molecular complexity index is 3230. The highest BCUT2D eigenvalue weighted by atomic mass is 32.1. The lowest BCUT2D eigenvalue weighted by Gasteiger charge is -2.28. The average molecular weight is 745 g/mol. The molecule has 2 heterocycles. The summed E-state index contributed by atoms with van der Waals surface area (Å²) in [6, 6.07) is 79.4. The fourth-order valence-electron chi connectivity index (χ4n) is 8.55. The molecule has 11 rings (SSSR count). The highest BCUT2D eigenvalue weighted by Gasteiger charge is 2.21. The standard InChI is InChI=1S/C54H36N2S/c1-3-15-37(16-4-1)38-27-29-39(30-28-38)43-19-7-12-24-50(43)56-51-25-13-9-21-45(51)46-33-32-42(36-52(46)56)55(41-17-5-2-6-18-41)49-23-11-8-20-44(49)40-31-34-54-48(35-40)47-22-10-14-26-53(47)57-54/h1-36H. The molecule has 0 unspecified atom stereocenters. The molecule has 0 saturated carbocycles. The molecule has 0 saturated heterocycles. The van der Waals surface area contributed by atoms with Crippen molar-refractivity contribution >= 4 is 70.4 Å². The second kappa shape index (κ2) is 13.8. The molecule has 0 amide bonds. The highest BCUT2D eigenvalue weighted by Crippen LogP contribution is 2.45. The maximum atomic E-state index is 2.46. The number of rotatable bonds is 7. The summed E-state index contributed by atoms with van der Waals surface area (Å²) in [5.41, 5.74) is 14.0. The molecule has 0 bridgehead atoms. The summed E-state index contributed by atoms with van der Waals surface area (Å²) in [6.07, 6.45) is 0. The summed E-state index contributed by atoms with van der Waals surface area (Å²) in [5, 5.41) is 5.06. The van der Waals surface area contributed by atoms with Gasteiger partial charge in [-0.15, -0.1) is 11.3 Å². The first-order chi connectivity index (χ1) is 28.3. The van der Waals surface area contributed by atoms with Gasteiger partial charge in [-0.25, -0.2) is 0 Å². The number of aromatic nitrogens is 1. The first-order valence-electron chi connectivity index (χ1n) is 19.4. The summed E-state index contributed by atoms with van der Waals surface area (Å²) >= 11 is 1.86. The minimum Gasteiger partial charge on any atom is -0.310 e. The molecule has 0 N–H and O–H groups in total. The molecule has 9 aromatic carbocycles. The summed E-state index contributed by atoms with van der Waals surface area (Å²) in [7, 11) is 0. The molecule has 0 spiro atoms. The maximum Gasteiger partial charge on any atom is 0.0562 e. The molecular formula is C54H36N2S. The van der Waals surface area contributed by atoms with Crippen LogP contribution in [-0.2, 0) is 0 Å². The van der Waals surface area contributed by atoms with Crippen molar-refractivity contribution < 1.29 is 0 Å². The molecule has 0 aliphatic carbocycles. The molecule has 0 fully saturated rings. The van der Waals surface area contributed by atoms with E-state index in [4.69, 9.17) is 0 Å². The molecule has 268 valence electrons. The molecule has 0 aliphatic rings. The largest absolute Gasteiger partial charge is 0.310 e. The van der Waals surface area contributed by atoms with Crippen molar-refractivity contribution in [3.8, 4) is 39.1 Å². The Morgan fingerprint density at radius 1 is 0.333 bits per heavy atom. The lowest BCUT2D eigenvalue weighted by Crippen LogP contribution is -2.11. The SMILES string of the molecule is c1ccc(-c2ccc(-c3ccccc3-n3c4ccccc4c4ccc(N(c5ccccc5)c5ccccc5-c5ccc6sc7ccccc7c6c5)cc43)cc2)cc1. The zero-order valence-corrected chi connectivity index (χ0v) is 31.9. The van der Waals surface area contributed by atoms with Crippen LogP contribution in [0.25, 0.3) is 81.0 Å². The van der Waals surface area contributed by atoms with Crippen LogP contribution in [0, 0.1) is 0 Å². The van der Waals surface area contributed by atoms with E-state index in [-0.39, 0.29) is 0 Å². The lowest BCUT2D eigenvalue weighted by atomic mass is 9.99. The second-order valence-corrected chi connectivity index (χ2v) is 15.6. The van der Waals surface area contributed by atoms with Crippen molar-refractivity contribution in [3.05, 3.63) is 218 Å². The number of thiophene rings is 1. The van der Waals surface area contributed by atoms with E-state index in [1.165, 1.54) is 69.8 Å². The first-order valence-corrected chi connectivity index (χ1v) is 20.2. The zero-order chi connectivity index (χ0) is 37.7. The first kappa shape index (κ1) is 33.2. The summed E-state index contributed by atoms with van der Waals surface area (Å²) < 4.78 is 5.08. The van der Waals surface area contributed by atoms with Crippen LogP contribution in [0.15, 0.2) is 218 Å². The van der Waals surface area contributed by atoms with Gasteiger partial charge in [0.25, 0.3) is 0 Å². The summed E-state index contributed by atoms with van der Waals surface area (Å²) in [5.74, 6) is 0. The number of fused-ring (bicyclic) bond motifs is 6. The van der Waals surface area contributed by atoms with Crippen LogP contribution in [-0.4, -0.2) is 4.57 Å². The van der Waals surface area contributed by atoms with Crippen molar-refractivity contribution in [2.24, 2.45) is 0 Å². The predicted molar refractivity (Wildman–Crippen MR) is 245 cm³/mol. The number of hydrogen-bond acceptors (Lipinski definition) is 2. The molecule has 3 heteroatoms. The van der Waals surface area contributed by atoms with Crippen LogP contribution in [0.5, 0.6) is 0 Å². The maximum absolute atomic E-state index is 2.46. The van der Waals surface area contributed by atoms with Gasteiger partial charge in [0.05, 0.1) is 22.4 Å². The van der Waals surface area contributed by atoms with Crippen molar-refractivity contribution in [1.29, 1.82) is 0 Å². The van der Waals surface area contributed by atoms with E-state index >= 15 is 0 Å². The normalized spacial score (nSPS) is 11.5. The third kappa shape index (κ3) is 5.71. The molecule has 0 radical (unpaired) electrons. The van der Waals surface area contributed by atoms with Gasteiger partial charge in [0.2, 0.25) is 0 Å². The zero-order valence-electron chi connectivity index (χ0n) is 31.1. The van der Waals surface area contributed by atoms with Crippen molar-refractivity contribution in [1.82, 2.24) is 4.57 Å². The Morgan fingerprint density at radius 3 is 1.77 bits per heavy atom. The van der Waals surface area contributed by atoms with E-state index in [9.17, 15) is 0 Å². The molecule has 0 atom stereocenters. The number of anilines is 3. The predicted octanol–water partition coefficient (Wildman–Crippen LogP) is 15.6. The van der Waals surface area contributed by atoms with E-state index < -0.39 is 0 Å². The molecule has 11 aromatic rings. The van der Waals surface area contributed by atoms with Crippen molar-refractivity contribution in [3.63, 3.8) is 0 Å². The van der Waals surface area contributed by atoms with Gasteiger partial charge in [-0.2, -0.15) is 0 Å². The van der Waals surface area contributed by atoms with Gasteiger partial charge in [-0.1, -0.05) is 158 Å². The molecule has 2 aromatic heterocycles. The fraction of sp³-hybridized carbons (Fsp3) is 0. The van der Waals surface area contributed by atoms with Crippen LogP contribution in [0.2, 0.25) is 0 Å². The Labute approximate surface area is 335 Å². The third-order valence-corrected chi connectivity index (χ3v) is 12.4. The Hall–Kier alpha value is -7.20. The van der Waals surface area contributed by atoms with Gasteiger partial charge in [0.1, 0.15) is 0 Å². The molecular weight excluding hydrogens is 709 g/mol. The van der Waals surface area contributed by atoms with Crippen LogP contribution in [0.4, 0.5) is 17.1 Å². The molecule has 2 nitrogen and oxygen atoms in total. The van der Waals surface area contributed by atoms with E-state index in [2.05, 4.69) is 228 Å². The quantitative estimate of drug-likeness (QED) is 0.158. The van der Waals surface area contributed by atoms with E-state index in [0.717, 1.165) is 28.3 Å². The number of para-hydroxylation sites is 4. The smallest absolute Gasteiger partial charge is 0.0562 e. The van der Waals surface area contributed by atoms with Gasteiger partial charge >= 0.3 is 0 Å². The average Bonchev–Trinajstić information content (AvgIpc) is 3.82. The Morgan fingerprint density at radius 2 is 0.930 bits per heavy atom. The number of benzene rings is 9. The minimum absolute atomic E-state index is 1.09. The van der Waals surface area contributed by atoms with Gasteiger partial charge in [-0.05, 0) is 82.9 Å². The van der Waals surface area contributed by atoms with Crippen molar-refractivity contribution in [2.45, 2.75) is 0 Å². The lowest BCUT2D eigenvalue weighted by molar-refractivity contribution is 1.18. The fourth-order valence-corrected chi connectivity index (χ4v) is 9.64.